The van der Waals surface area contributed by atoms with E-state index in [9.17, 15) is 34.6 Å². The van der Waals surface area contributed by atoms with E-state index in [1.54, 1.807) is 19.1 Å². The van der Waals surface area contributed by atoms with E-state index in [4.69, 9.17) is 0 Å². The van der Waals surface area contributed by atoms with Gasteiger partial charge in [-0.25, -0.2) is 0 Å². The van der Waals surface area contributed by atoms with Gasteiger partial charge in [-0.05, 0) is 30.7 Å². The number of fused-ring (bicyclic) bond motifs is 1. The highest BCUT2D eigenvalue weighted by molar-refractivity contribution is 6.23. The maximum atomic E-state index is 13.4. The van der Waals surface area contributed by atoms with Crippen molar-refractivity contribution in [3.63, 3.8) is 0 Å². The van der Waals surface area contributed by atoms with Crippen molar-refractivity contribution in [1.29, 1.82) is 0 Å². The van der Waals surface area contributed by atoms with Gasteiger partial charge in [0.2, 0.25) is 5.91 Å². The highest BCUT2D eigenvalue weighted by Crippen LogP contribution is 2.28. The molecule has 0 aromatic heterocycles. The molecule has 1 atom stereocenters. The normalized spacial score (nSPS) is 13.3. The lowest BCUT2D eigenvalue weighted by Crippen LogP contribution is -2.48. The molecule has 1 heterocycles. The minimum absolute atomic E-state index is 0.122. The first-order valence-corrected chi connectivity index (χ1v) is 10.4. The Labute approximate surface area is 198 Å². The van der Waals surface area contributed by atoms with Crippen molar-refractivity contribution in [3.05, 3.63) is 109 Å². The van der Waals surface area contributed by atoms with Crippen molar-refractivity contribution in [2.24, 2.45) is 0 Å². The van der Waals surface area contributed by atoms with Crippen LogP contribution in [0.4, 0.5) is 17.1 Å². The number of aryl methyl sites for hydroxylation is 1. The van der Waals surface area contributed by atoms with Gasteiger partial charge in [0.25, 0.3) is 23.2 Å². The summed E-state index contributed by atoms with van der Waals surface area (Å²) in [6, 6.07) is 14.4. The average molecular weight is 474 g/mol. The van der Waals surface area contributed by atoms with Crippen LogP contribution in [0.5, 0.6) is 0 Å². The molecule has 176 valence electrons. The predicted octanol–water partition coefficient (Wildman–Crippen LogP) is 3.66. The Morgan fingerprint density at radius 2 is 1.51 bits per heavy atom. The van der Waals surface area contributed by atoms with Crippen LogP contribution < -0.4 is 5.32 Å². The molecule has 0 aliphatic carbocycles. The second kappa shape index (κ2) is 9.14. The molecule has 0 spiro atoms. The molecule has 1 unspecified atom stereocenters. The van der Waals surface area contributed by atoms with Crippen molar-refractivity contribution in [2.45, 2.75) is 19.4 Å². The summed E-state index contributed by atoms with van der Waals surface area (Å²) in [5.74, 6) is -2.04. The second-order valence-corrected chi connectivity index (χ2v) is 7.92. The van der Waals surface area contributed by atoms with E-state index in [0.717, 1.165) is 4.90 Å². The first kappa shape index (κ1) is 23.2. The molecule has 0 saturated carbocycles. The van der Waals surface area contributed by atoms with Crippen LogP contribution in [0, 0.1) is 27.2 Å². The molecule has 1 aliphatic rings. The number of anilines is 1. The van der Waals surface area contributed by atoms with E-state index in [1.165, 1.54) is 54.6 Å². The Morgan fingerprint density at radius 1 is 0.914 bits per heavy atom. The molecule has 11 nitrogen and oxygen atoms in total. The summed E-state index contributed by atoms with van der Waals surface area (Å²) < 4.78 is 0. The van der Waals surface area contributed by atoms with E-state index in [2.05, 4.69) is 5.32 Å². The van der Waals surface area contributed by atoms with Crippen LogP contribution in [0.25, 0.3) is 0 Å². The number of nitro groups is 2. The van der Waals surface area contributed by atoms with Gasteiger partial charge in [0.15, 0.2) is 0 Å². The Balaban J connectivity index is 1.69. The van der Waals surface area contributed by atoms with E-state index >= 15 is 0 Å². The highest BCUT2D eigenvalue weighted by Gasteiger charge is 2.42. The minimum atomic E-state index is -1.32. The molecule has 3 aromatic rings. The van der Waals surface area contributed by atoms with Crippen molar-refractivity contribution in [2.75, 3.05) is 5.32 Å². The lowest BCUT2D eigenvalue weighted by molar-refractivity contribution is -0.385. The number of nitro benzene ring substituents is 2. The Bertz CT molecular complexity index is 1350. The van der Waals surface area contributed by atoms with E-state index in [-0.39, 0.29) is 34.6 Å². The number of hydrogen-bond acceptors (Lipinski definition) is 7. The quantitative estimate of drug-likeness (QED) is 0.311. The number of carbonyl (C=O) groups excluding carboxylic acids is 3. The van der Waals surface area contributed by atoms with Gasteiger partial charge in [0, 0.05) is 35.9 Å². The minimum Gasteiger partial charge on any atom is -0.324 e. The first-order valence-electron chi connectivity index (χ1n) is 10.4. The van der Waals surface area contributed by atoms with Gasteiger partial charge in [0.1, 0.15) is 6.04 Å². The van der Waals surface area contributed by atoms with Crippen LogP contribution in [0.15, 0.2) is 66.7 Å². The van der Waals surface area contributed by atoms with Gasteiger partial charge in [-0.3, -0.25) is 39.5 Å². The number of imide groups is 1. The maximum Gasteiger partial charge on any atom is 0.274 e. The van der Waals surface area contributed by atoms with E-state index in [0.29, 0.717) is 11.1 Å². The monoisotopic (exact) mass is 474 g/mol. The first-order chi connectivity index (χ1) is 16.7. The Morgan fingerprint density at radius 3 is 2.06 bits per heavy atom. The van der Waals surface area contributed by atoms with E-state index in [1.807, 2.05) is 0 Å². The summed E-state index contributed by atoms with van der Waals surface area (Å²) in [6.07, 6.45) is -0.122. The lowest BCUT2D eigenvalue weighted by Gasteiger charge is -2.25. The molecule has 0 saturated heterocycles. The molecule has 1 N–H and O–H groups in total. The van der Waals surface area contributed by atoms with Crippen LogP contribution in [0.2, 0.25) is 0 Å². The standard InChI is InChI=1S/C24H18N4O7/c1-14-6-9-16(13-20(14)28(34)35)25-22(29)21(12-15-7-10-17(11-8-15)27(32)33)26-23(30)18-4-2-3-5-19(18)24(26)31/h2-11,13,21H,12H2,1H3,(H,25,29). The molecule has 4 rings (SSSR count). The number of carbonyl (C=O) groups is 3. The molecule has 3 amide bonds. The molecule has 0 bridgehead atoms. The third-order valence-corrected chi connectivity index (χ3v) is 5.69. The second-order valence-electron chi connectivity index (χ2n) is 7.92. The summed E-state index contributed by atoms with van der Waals surface area (Å²) in [4.78, 5) is 61.4. The fourth-order valence-electron chi connectivity index (χ4n) is 3.88. The molecule has 35 heavy (non-hydrogen) atoms. The number of non-ortho nitro benzene ring substituents is 1. The zero-order valence-corrected chi connectivity index (χ0v) is 18.3. The largest absolute Gasteiger partial charge is 0.324 e. The van der Waals surface area contributed by atoms with Crippen LogP contribution >= 0.6 is 0 Å². The smallest absolute Gasteiger partial charge is 0.274 e. The van der Waals surface area contributed by atoms with Crippen molar-refractivity contribution in [3.8, 4) is 0 Å². The van der Waals surface area contributed by atoms with Crippen LogP contribution in [-0.4, -0.2) is 38.5 Å². The van der Waals surface area contributed by atoms with Crippen LogP contribution in [0.3, 0.4) is 0 Å². The SMILES string of the molecule is Cc1ccc(NC(=O)C(Cc2ccc([N+](=O)[O-])cc2)N2C(=O)c3ccccc3C2=O)cc1[N+](=O)[O-]. The Hall–Kier alpha value is -4.93. The fourth-order valence-corrected chi connectivity index (χ4v) is 3.88. The van der Waals surface area contributed by atoms with Gasteiger partial charge in [-0.2, -0.15) is 0 Å². The molecule has 0 fully saturated rings. The highest BCUT2D eigenvalue weighted by atomic mass is 16.6. The lowest BCUT2D eigenvalue weighted by atomic mass is 10.0. The van der Waals surface area contributed by atoms with Gasteiger partial charge >= 0.3 is 0 Å². The zero-order valence-electron chi connectivity index (χ0n) is 18.3. The van der Waals surface area contributed by atoms with Gasteiger partial charge in [0.05, 0.1) is 21.0 Å². The van der Waals surface area contributed by atoms with Gasteiger partial charge < -0.3 is 5.32 Å². The third-order valence-electron chi connectivity index (χ3n) is 5.69. The van der Waals surface area contributed by atoms with Crippen molar-refractivity contribution in [1.82, 2.24) is 4.90 Å². The number of benzene rings is 3. The van der Waals surface area contributed by atoms with Crippen molar-refractivity contribution < 1.29 is 24.2 Å². The summed E-state index contributed by atoms with van der Waals surface area (Å²) in [5.41, 5.74) is 0.962. The molecule has 1 aliphatic heterocycles. The molecule has 3 aromatic carbocycles. The topological polar surface area (TPSA) is 153 Å². The van der Waals surface area contributed by atoms with Gasteiger partial charge in [-0.1, -0.05) is 30.3 Å². The predicted molar refractivity (Wildman–Crippen MR) is 124 cm³/mol. The maximum absolute atomic E-state index is 13.4. The number of amides is 3. The zero-order chi connectivity index (χ0) is 25.3. The summed E-state index contributed by atoms with van der Waals surface area (Å²) in [5, 5.41) is 24.8. The van der Waals surface area contributed by atoms with Crippen LogP contribution in [0.1, 0.15) is 31.8 Å². The fraction of sp³-hybridized carbons (Fsp3) is 0.125. The summed E-state index contributed by atoms with van der Waals surface area (Å²) in [6.45, 7) is 1.56. The van der Waals surface area contributed by atoms with E-state index < -0.39 is 33.6 Å². The Kier molecular flexibility index (Phi) is 6.07. The number of hydrogen-bond donors (Lipinski definition) is 1. The summed E-state index contributed by atoms with van der Waals surface area (Å²) >= 11 is 0. The number of nitrogens with zero attached hydrogens (tertiary/aromatic N) is 3. The third kappa shape index (κ3) is 4.47. The van der Waals surface area contributed by atoms with Crippen LogP contribution in [-0.2, 0) is 11.2 Å². The van der Waals surface area contributed by atoms with Gasteiger partial charge in [-0.15, -0.1) is 0 Å². The summed E-state index contributed by atoms with van der Waals surface area (Å²) in [7, 11) is 0. The molecular formula is C24H18N4O7. The molecular weight excluding hydrogens is 456 g/mol. The molecule has 11 heteroatoms. The number of rotatable bonds is 7. The molecule has 0 radical (unpaired) electrons. The van der Waals surface area contributed by atoms with Crippen molar-refractivity contribution >= 4 is 34.8 Å². The average Bonchev–Trinajstić information content (AvgIpc) is 3.09. The number of nitrogens with one attached hydrogen (secondary N) is 1.